The van der Waals surface area contributed by atoms with Gasteiger partial charge in [-0.25, -0.2) is 0 Å². The molecular weight excluding hydrogens is 217 g/mol. The Bertz CT molecular complexity index is 377. The van der Waals surface area contributed by atoms with Crippen LogP contribution in [-0.2, 0) is 6.42 Å². The molecular formula is C11H11Cl2N. The lowest BCUT2D eigenvalue weighted by molar-refractivity contribution is 0.493. The van der Waals surface area contributed by atoms with E-state index in [0.717, 1.165) is 5.56 Å². The summed E-state index contributed by atoms with van der Waals surface area (Å²) in [4.78, 5) is 0. The molecule has 0 spiro atoms. The van der Waals surface area contributed by atoms with Crippen molar-refractivity contribution >= 4 is 23.2 Å². The molecule has 0 N–H and O–H groups in total. The minimum atomic E-state index is -0.408. The van der Waals surface area contributed by atoms with Gasteiger partial charge in [-0.2, -0.15) is 5.26 Å². The van der Waals surface area contributed by atoms with E-state index in [4.69, 9.17) is 28.5 Å². The lowest BCUT2D eigenvalue weighted by Gasteiger charge is -2.16. The highest BCUT2D eigenvalue weighted by Gasteiger charge is 2.19. The molecule has 0 heterocycles. The quantitative estimate of drug-likeness (QED) is 0.747. The maximum absolute atomic E-state index is 8.89. The Morgan fingerprint density at radius 3 is 2.57 bits per heavy atom. The van der Waals surface area contributed by atoms with Crippen molar-refractivity contribution in [3.8, 4) is 6.07 Å². The molecule has 0 aliphatic heterocycles. The molecule has 0 aliphatic rings. The average molecular weight is 228 g/mol. The van der Waals surface area contributed by atoms with Gasteiger partial charge in [0, 0.05) is 0 Å². The highest BCUT2D eigenvalue weighted by Crippen LogP contribution is 2.30. The minimum absolute atomic E-state index is 0.408. The average Bonchev–Trinajstić information content (AvgIpc) is 2.13. The van der Waals surface area contributed by atoms with Gasteiger partial charge in [0.2, 0.25) is 0 Å². The summed E-state index contributed by atoms with van der Waals surface area (Å²) in [5.41, 5.74) is 0.514. The third kappa shape index (κ3) is 2.64. The van der Waals surface area contributed by atoms with Crippen molar-refractivity contribution in [3.63, 3.8) is 0 Å². The highest BCUT2D eigenvalue weighted by atomic mass is 35.5. The summed E-state index contributed by atoms with van der Waals surface area (Å²) < 4.78 is 0. The van der Waals surface area contributed by atoms with Crippen molar-refractivity contribution in [1.29, 1.82) is 5.26 Å². The second-order valence-electron chi connectivity index (χ2n) is 3.89. The zero-order chi connectivity index (χ0) is 10.8. The van der Waals surface area contributed by atoms with Gasteiger partial charge in [0.05, 0.1) is 21.5 Å². The lowest BCUT2D eigenvalue weighted by Crippen LogP contribution is -2.12. The lowest BCUT2D eigenvalue weighted by atomic mass is 9.87. The molecule has 0 fully saturated rings. The number of hydrogen-bond donors (Lipinski definition) is 0. The number of hydrogen-bond acceptors (Lipinski definition) is 1. The molecule has 0 amide bonds. The van der Waals surface area contributed by atoms with Gasteiger partial charge in [0.25, 0.3) is 0 Å². The van der Waals surface area contributed by atoms with Crippen LogP contribution < -0.4 is 0 Å². The predicted octanol–water partition coefficient (Wildman–Crippen LogP) is 4.09. The number of nitriles is 1. The molecule has 3 heteroatoms. The van der Waals surface area contributed by atoms with Gasteiger partial charge >= 0.3 is 0 Å². The Morgan fingerprint density at radius 2 is 2.00 bits per heavy atom. The third-order valence-corrected chi connectivity index (χ3v) is 2.82. The first kappa shape index (κ1) is 11.4. The molecule has 0 atom stereocenters. The van der Waals surface area contributed by atoms with E-state index in [-0.39, 0.29) is 0 Å². The molecule has 1 aromatic carbocycles. The number of benzene rings is 1. The zero-order valence-electron chi connectivity index (χ0n) is 8.14. The fraction of sp³-hybridized carbons (Fsp3) is 0.364. The van der Waals surface area contributed by atoms with Gasteiger partial charge in [-0.3, -0.25) is 0 Å². The van der Waals surface area contributed by atoms with Gasteiger partial charge in [0.15, 0.2) is 0 Å². The Labute approximate surface area is 94.3 Å². The molecule has 0 saturated carbocycles. The molecule has 0 saturated heterocycles. The molecule has 74 valence electrons. The molecule has 0 unspecified atom stereocenters. The first-order valence-electron chi connectivity index (χ1n) is 4.30. The smallest absolute Gasteiger partial charge is 0.0687 e. The van der Waals surface area contributed by atoms with Crippen molar-refractivity contribution < 1.29 is 0 Å². The maximum Gasteiger partial charge on any atom is 0.0687 e. The van der Waals surface area contributed by atoms with Crippen molar-refractivity contribution in [2.24, 2.45) is 5.41 Å². The topological polar surface area (TPSA) is 23.8 Å². The van der Waals surface area contributed by atoms with E-state index in [1.165, 1.54) is 0 Å². The van der Waals surface area contributed by atoms with Gasteiger partial charge in [-0.15, -0.1) is 0 Å². The Morgan fingerprint density at radius 1 is 1.36 bits per heavy atom. The van der Waals surface area contributed by atoms with E-state index < -0.39 is 5.41 Å². The van der Waals surface area contributed by atoms with E-state index in [0.29, 0.717) is 16.5 Å². The normalized spacial score (nSPS) is 11.1. The van der Waals surface area contributed by atoms with Crippen LogP contribution in [0.3, 0.4) is 0 Å². The van der Waals surface area contributed by atoms with Gasteiger partial charge < -0.3 is 0 Å². The monoisotopic (exact) mass is 227 g/mol. The van der Waals surface area contributed by atoms with Crippen LogP contribution >= 0.6 is 23.2 Å². The van der Waals surface area contributed by atoms with Gasteiger partial charge in [-0.1, -0.05) is 35.3 Å². The van der Waals surface area contributed by atoms with E-state index in [9.17, 15) is 0 Å². The van der Waals surface area contributed by atoms with Crippen LogP contribution in [-0.4, -0.2) is 0 Å². The molecule has 1 nitrogen and oxygen atoms in total. The fourth-order valence-corrected chi connectivity index (χ4v) is 1.59. The number of nitrogens with zero attached hydrogens (tertiary/aromatic N) is 1. The van der Waals surface area contributed by atoms with Crippen LogP contribution in [0, 0.1) is 16.7 Å². The Kier molecular flexibility index (Phi) is 3.42. The van der Waals surface area contributed by atoms with E-state index in [1.54, 1.807) is 6.07 Å². The third-order valence-electron chi connectivity index (χ3n) is 1.97. The second kappa shape index (κ2) is 4.21. The number of halogens is 2. The molecule has 14 heavy (non-hydrogen) atoms. The van der Waals surface area contributed by atoms with Crippen molar-refractivity contribution in [2.45, 2.75) is 20.3 Å². The first-order valence-corrected chi connectivity index (χ1v) is 5.06. The van der Waals surface area contributed by atoms with Crippen LogP contribution in [0.25, 0.3) is 0 Å². The van der Waals surface area contributed by atoms with Crippen LogP contribution in [0.15, 0.2) is 18.2 Å². The highest BCUT2D eigenvalue weighted by molar-refractivity contribution is 6.42. The van der Waals surface area contributed by atoms with Crippen LogP contribution in [0.2, 0.25) is 10.0 Å². The summed E-state index contributed by atoms with van der Waals surface area (Å²) in [5, 5.41) is 9.98. The molecule has 1 aromatic rings. The van der Waals surface area contributed by atoms with Crippen molar-refractivity contribution in [1.82, 2.24) is 0 Å². The fourth-order valence-electron chi connectivity index (χ4n) is 1.20. The van der Waals surface area contributed by atoms with Crippen LogP contribution in [0.1, 0.15) is 19.4 Å². The van der Waals surface area contributed by atoms with E-state index in [1.807, 2.05) is 26.0 Å². The summed E-state index contributed by atoms with van der Waals surface area (Å²) in [5.74, 6) is 0. The summed E-state index contributed by atoms with van der Waals surface area (Å²) in [6.45, 7) is 3.76. The van der Waals surface area contributed by atoms with Gasteiger partial charge in [-0.05, 0) is 31.9 Å². The zero-order valence-corrected chi connectivity index (χ0v) is 9.65. The second-order valence-corrected chi connectivity index (χ2v) is 4.67. The van der Waals surface area contributed by atoms with E-state index >= 15 is 0 Å². The molecule has 0 aromatic heterocycles. The largest absolute Gasteiger partial charge is 0.198 e. The minimum Gasteiger partial charge on any atom is -0.198 e. The van der Waals surface area contributed by atoms with Crippen LogP contribution in [0.4, 0.5) is 0 Å². The number of rotatable bonds is 2. The standard InChI is InChI=1S/C11H11Cl2N/c1-11(2,7-14)6-8-4-3-5-9(12)10(8)13/h3-5H,6H2,1-2H3. The van der Waals surface area contributed by atoms with Crippen LogP contribution in [0.5, 0.6) is 0 Å². The summed E-state index contributed by atoms with van der Waals surface area (Å²) >= 11 is 11.9. The molecule has 0 radical (unpaired) electrons. The maximum atomic E-state index is 8.89. The Balaban J connectivity index is 3.00. The van der Waals surface area contributed by atoms with Gasteiger partial charge in [0.1, 0.15) is 0 Å². The summed E-state index contributed by atoms with van der Waals surface area (Å²) in [7, 11) is 0. The first-order chi connectivity index (χ1) is 6.46. The predicted molar refractivity (Wildman–Crippen MR) is 59.6 cm³/mol. The SMILES string of the molecule is CC(C)(C#N)Cc1cccc(Cl)c1Cl. The summed E-state index contributed by atoms with van der Waals surface area (Å²) in [6, 6.07) is 7.72. The van der Waals surface area contributed by atoms with Crippen molar-refractivity contribution in [3.05, 3.63) is 33.8 Å². The molecule has 0 bridgehead atoms. The molecule has 1 rings (SSSR count). The van der Waals surface area contributed by atoms with E-state index in [2.05, 4.69) is 6.07 Å². The Hall–Kier alpha value is -0.710. The molecule has 0 aliphatic carbocycles. The van der Waals surface area contributed by atoms with Crippen molar-refractivity contribution in [2.75, 3.05) is 0 Å². The summed E-state index contributed by atoms with van der Waals surface area (Å²) in [6.07, 6.45) is 0.614.